The Bertz CT molecular complexity index is 1960. The van der Waals surface area contributed by atoms with Crippen molar-refractivity contribution in [2.45, 2.75) is 99.4 Å². The zero-order valence-electron chi connectivity index (χ0n) is 28.2. The van der Waals surface area contributed by atoms with Crippen molar-refractivity contribution in [3.8, 4) is 6.01 Å². The van der Waals surface area contributed by atoms with Crippen LogP contribution in [0.5, 0.6) is 6.01 Å². The number of fused-ring (bicyclic) bond motifs is 1. The first kappa shape index (κ1) is 36.1. The fourth-order valence-electron chi connectivity index (χ4n) is 6.01. The predicted molar refractivity (Wildman–Crippen MR) is 180 cm³/mol. The summed E-state index contributed by atoms with van der Waals surface area (Å²) < 4.78 is 84.5. The lowest BCUT2D eigenvalue weighted by Gasteiger charge is -2.28. The van der Waals surface area contributed by atoms with Gasteiger partial charge >= 0.3 is 6.01 Å². The van der Waals surface area contributed by atoms with E-state index >= 15 is 0 Å². The molecular formula is C33H41N5O10S2. The lowest BCUT2D eigenvalue weighted by Crippen LogP contribution is -2.42. The molecule has 17 heteroatoms. The number of aromatic nitrogens is 4. The molecule has 1 saturated carbocycles. The van der Waals surface area contributed by atoms with E-state index in [1.165, 1.54) is 49.0 Å². The fourth-order valence-corrected chi connectivity index (χ4v) is 7.96. The highest BCUT2D eigenvalue weighted by Gasteiger charge is 2.52. The highest BCUT2D eigenvalue weighted by Crippen LogP contribution is 2.43. The fraction of sp³-hybridized carbons (Fsp3) is 0.485. The van der Waals surface area contributed by atoms with Crippen LogP contribution in [-0.2, 0) is 38.1 Å². The summed E-state index contributed by atoms with van der Waals surface area (Å²) in [5.41, 5.74) is 6.65. The number of benzene rings is 2. The Kier molecular flexibility index (Phi) is 9.95. The molecule has 0 unspecified atom stereocenters. The van der Waals surface area contributed by atoms with Gasteiger partial charge in [0.15, 0.2) is 29.0 Å². The molecule has 6 rings (SSSR count). The number of nitrogens with zero attached hydrogens (tertiary/aromatic N) is 4. The summed E-state index contributed by atoms with van der Waals surface area (Å²) in [6.07, 6.45) is 2.72. The van der Waals surface area contributed by atoms with E-state index in [1.807, 2.05) is 13.8 Å². The van der Waals surface area contributed by atoms with Crippen LogP contribution in [0.3, 0.4) is 0 Å². The lowest BCUT2D eigenvalue weighted by molar-refractivity contribution is -0.223. The van der Waals surface area contributed by atoms with Gasteiger partial charge in [0, 0.05) is 6.42 Å². The number of hydrogen-bond donors (Lipinski definition) is 2. The largest absolute Gasteiger partial charge is 0.460 e. The molecule has 2 aliphatic rings. The number of hydrogen-bond acceptors (Lipinski definition) is 14. The van der Waals surface area contributed by atoms with E-state index in [4.69, 9.17) is 28.3 Å². The summed E-state index contributed by atoms with van der Waals surface area (Å²) in [6.45, 7) is 5.12. The minimum absolute atomic E-state index is 0.0490. The Morgan fingerprint density at radius 2 is 1.46 bits per heavy atom. The molecule has 0 bridgehead atoms. The molecule has 2 aromatic carbocycles. The molecule has 1 aliphatic carbocycles. The third kappa shape index (κ3) is 8.09. The molecule has 1 aliphatic heterocycles. The molecule has 270 valence electrons. The number of aryl methyl sites for hydroxylation is 2. The summed E-state index contributed by atoms with van der Waals surface area (Å²) in [7, 11) is -8.69. The van der Waals surface area contributed by atoms with Gasteiger partial charge in [-0.3, -0.25) is 12.9 Å². The van der Waals surface area contributed by atoms with Crippen LogP contribution in [0.25, 0.3) is 11.2 Å². The molecule has 50 heavy (non-hydrogen) atoms. The maximum Gasteiger partial charge on any atom is 0.320 e. The second-order valence-electron chi connectivity index (χ2n) is 13.3. The molecule has 3 N–H and O–H groups in total. The van der Waals surface area contributed by atoms with Crippen LogP contribution in [0.15, 0.2) is 64.6 Å². The van der Waals surface area contributed by atoms with Crippen molar-refractivity contribution in [2.75, 3.05) is 18.9 Å². The maximum absolute atomic E-state index is 13.3. The van der Waals surface area contributed by atoms with Gasteiger partial charge in [-0.2, -0.15) is 26.8 Å². The summed E-state index contributed by atoms with van der Waals surface area (Å²) in [6, 6.07) is 12.2. The van der Waals surface area contributed by atoms with E-state index in [0.717, 1.165) is 36.8 Å². The third-order valence-electron chi connectivity index (χ3n) is 8.55. The molecule has 2 atom stereocenters. The van der Waals surface area contributed by atoms with Crippen LogP contribution in [0.4, 0.5) is 5.82 Å². The Balaban J connectivity index is 1.37. The number of anilines is 1. The summed E-state index contributed by atoms with van der Waals surface area (Å²) in [5.74, 6) is -1.64. The molecule has 3 heterocycles. The monoisotopic (exact) mass is 731 g/mol. The van der Waals surface area contributed by atoms with Crippen molar-refractivity contribution < 1.29 is 44.5 Å². The second kappa shape index (κ2) is 13.8. The normalized spacial score (nSPS) is 20.1. The minimum atomic E-state index is -4.34. The number of imidazole rings is 1. The summed E-state index contributed by atoms with van der Waals surface area (Å²) >= 11 is 0. The van der Waals surface area contributed by atoms with Gasteiger partial charge in [0.2, 0.25) is 0 Å². The second-order valence-corrected chi connectivity index (χ2v) is 16.5. The van der Waals surface area contributed by atoms with Crippen LogP contribution in [0.2, 0.25) is 0 Å². The molecule has 2 aromatic heterocycles. The van der Waals surface area contributed by atoms with Gasteiger partial charge in [-0.15, -0.1) is 0 Å². The Labute approximate surface area is 291 Å². The number of rotatable bonds is 13. The number of aliphatic hydroxyl groups is 1. The van der Waals surface area contributed by atoms with E-state index in [1.54, 1.807) is 24.3 Å². The quantitative estimate of drug-likeness (QED) is 0.148. The van der Waals surface area contributed by atoms with Crippen molar-refractivity contribution in [1.82, 2.24) is 19.5 Å². The van der Waals surface area contributed by atoms with Crippen LogP contribution >= 0.6 is 0 Å². The topological polar surface area (TPSA) is 204 Å². The molecule has 0 spiro atoms. The zero-order valence-corrected chi connectivity index (χ0v) is 29.8. The number of nitrogens with two attached hydrogens (primary N) is 1. The molecule has 0 radical (unpaired) electrons. The van der Waals surface area contributed by atoms with Crippen LogP contribution < -0.4 is 10.5 Å². The van der Waals surface area contributed by atoms with Crippen LogP contribution in [0, 0.1) is 13.8 Å². The average molecular weight is 732 g/mol. The highest BCUT2D eigenvalue weighted by molar-refractivity contribution is 7.87. The Morgan fingerprint density at radius 1 is 0.920 bits per heavy atom. The number of ether oxygens (including phenoxy) is 3. The Morgan fingerprint density at radius 3 is 1.98 bits per heavy atom. The SMILES string of the molecule is Cc1ccc(S(=O)(=O)OCC2(COS(=O)(=O)c3ccc(C)cc3)C[C@@H](OC(C)(C)O)[C@H](n3cnc4c(N)nc(OC5CCCC5)nc43)O2)cc1. The van der Waals surface area contributed by atoms with E-state index in [-0.39, 0.29) is 45.3 Å². The maximum atomic E-state index is 13.3. The third-order valence-corrected chi connectivity index (χ3v) is 11.1. The van der Waals surface area contributed by atoms with Crippen LogP contribution in [-0.4, -0.2) is 78.3 Å². The molecule has 0 amide bonds. The van der Waals surface area contributed by atoms with Crippen LogP contribution in [0.1, 0.15) is 63.3 Å². The van der Waals surface area contributed by atoms with E-state index < -0.39 is 57.2 Å². The zero-order chi connectivity index (χ0) is 35.9. The van der Waals surface area contributed by atoms with Gasteiger partial charge in [0.1, 0.15) is 17.8 Å². The standard InChI is InChI=1S/C33H41N5O10S2/c1-21-9-13-24(14-10-21)49(40,41)44-18-33(19-45-50(42,43)25-15-11-22(2)12-16-25)17-26(47-32(3,4)39)30(48-33)38-20-35-27-28(34)36-31(37-29(27)38)46-23-7-5-6-8-23/h9-16,20,23,26,30,39H,5-8,17-19H2,1-4H3,(H2,34,36,37)/t26-,30-/m1/s1. The number of nitrogen functional groups attached to an aromatic ring is 1. The molecule has 2 fully saturated rings. The molecular weight excluding hydrogens is 691 g/mol. The smallest absolute Gasteiger partial charge is 0.320 e. The van der Waals surface area contributed by atoms with Crippen molar-refractivity contribution in [3.63, 3.8) is 0 Å². The van der Waals surface area contributed by atoms with Gasteiger partial charge < -0.3 is 25.1 Å². The molecule has 4 aromatic rings. The van der Waals surface area contributed by atoms with E-state index in [0.29, 0.717) is 0 Å². The molecule has 15 nitrogen and oxygen atoms in total. The first-order chi connectivity index (χ1) is 23.5. The Hall–Kier alpha value is -3.71. The first-order valence-corrected chi connectivity index (χ1v) is 19.0. The predicted octanol–water partition coefficient (Wildman–Crippen LogP) is 3.93. The van der Waals surface area contributed by atoms with Gasteiger partial charge in [0.25, 0.3) is 20.2 Å². The molecule has 1 saturated heterocycles. The average Bonchev–Trinajstić information content (AvgIpc) is 3.79. The van der Waals surface area contributed by atoms with Gasteiger partial charge in [-0.25, -0.2) is 4.98 Å². The van der Waals surface area contributed by atoms with E-state index in [2.05, 4.69) is 15.0 Å². The van der Waals surface area contributed by atoms with Gasteiger partial charge in [-0.05, 0) is 77.6 Å². The first-order valence-electron chi connectivity index (χ1n) is 16.2. The minimum Gasteiger partial charge on any atom is -0.460 e. The van der Waals surface area contributed by atoms with E-state index in [9.17, 15) is 21.9 Å². The highest BCUT2D eigenvalue weighted by atomic mass is 32.2. The summed E-state index contributed by atoms with van der Waals surface area (Å²) in [4.78, 5) is 13.0. The van der Waals surface area contributed by atoms with Crippen molar-refractivity contribution >= 4 is 37.2 Å². The van der Waals surface area contributed by atoms with Crippen molar-refractivity contribution in [1.29, 1.82) is 0 Å². The summed E-state index contributed by atoms with van der Waals surface area (Å²) in [5, 5.41) is 10.8. The van der Waals surface area contributed by atoms with Gasteiger partial charge in [-0.1, -0.05) is 35.4 Å². The van der Waals surface area contributed by atoms with Crippen molar-refractivity contribution in [3.05, 3.63) is 66.0 Å². The van der Waals surface area contributed by atoms with Crippen molar-refractivity contribution in [2.24, 2.45) is 0 Å². The van der Waals surface area contributed by atoms with Gasteiger partial charge in [0.05, 0.1) is 29.3 Å². The lowest BCUT2D eigenvalue weighted by atomic mass is 10.0.